The fourth-order valence-corrected chi connectivity index (χ4v) is 4.75. The molecule has 7 heteroatoms. The molecule has 0 saturated carbocycles. The number of aromatic nitrogens is 2. The number of hydrogen-bond donors (Lipinski definition) is 1. The van der Waals surface area contributed by atoms with Crippen molar-refractivity contribution in [2.75, 3.05) is 19.6 Å². The van der Waals surface area contributed by atoms with Crippen LogP contribution in [0.2, 0.25) is 0 Å². The summed E-state index contributed by atoms with van der Waals surface area (Å²) in [6.07, 6.45) is 7.45. The van der Waals surface area contributed by atoms with Crippen LogP contribution in [-0.4, -0.2) is 63.3 Å². The fraction of sp³-hybridized carbons (Fsp3) is 0.750. The van der Waals surface area contributed by atoms with Crippen LogP contribution in [0.1, 0.15) is 74.1 Å². The molecule has 1 spiro atoms. The van der Waals surface area contributed by atoms with Crippen molar-refractivity contribution in [2.45, 2.75) is 76.9 Å². The maximum absolute atomic E-state index is 13.0. The van der Waals surface area contributed by atoms with E-state index >= 15 is 0 Å². The van der Waals surface area contributed by atoms with Gasteiger partial charge in [-0.25, -0.2) is 4.79 Å². The van der Waals surface area contributed by atoms with Crippen LogP contribution in [0.15, 0.2) is 0 Å². The second kappa shape index (κ2) is 7.17. The van der Waals surface area contributed by atoms with Gasteiger partial charge in [0, 0.05) is 43.2 Å². The van der Waals surface area contributed by atoms with Crippen molar-refractivity contribution < 1.29 is 14.3 Å². The molecule has 4 rings (SSSR count). The van der Waals surface area contributed by atoms with Crippen molar-refractivity contribution in [2.24, 2.45) is 0 Å². The van der Waals surface area contributed by atoms with E-state index in [0.29, 0.717) is 38.2 Å². The zero-order valence-electron chi connectivity index (χ0n) is 16.4. The molecule has 1 atom stereocenters. The molecule has 1 aromatic rings. The first-order chi connectivity index (χ1) is 13.0. The van der Waals surface area contributed by atoms with E-state index in [0.717, 1.165) is 49.8 Å². The first-order valence-electron chi connectivity index (χ1n) is 10.4. The summed E-state index contributed by atoms with van der Waals surface area (Å²) in [7, 11) is 0. The Kier molecular flexibility index (Phi) is 4.86. The molecule has 1 aliphatic carbocycles. The zero-order valence-corrected chi connectivity index (χ0v) is 16.4. The maximum atomic E-state index is 13.0. The summed E-state index contributed by atoms with van der Waals surface area (Å²) in [5.41, 5.74) is 2.41. The lowest BCUT2D eigenvalue weighted by Crippen LogP contribution is -2.49. The molecule has 3 aliphatic rings. The van der Waals surface area contributed by atoms with E-state index in [1.807, 2.05) is 9.80 Å². The predicted octanol–water partition coefficient (Wildman–Crippen LogP) is 2.90. The molecule has 0 unspecified atom stereocenters. The molecule has 148 valence electrons. The van der Waals surface area contributed by atoms with E-state index in [-0.39, 0.29) is 18.0 Å². The van der Waals surface area contributed by atoms with E-state index in [2.05, 4.69) is 24.0 Å². The fourth-order valence-electron chi connectivity index (χ4n) is 4.75. The van der Waals surface area contributed by atoms with Crippen LogP contribution in [0, 0.1) is 0 Å². The van der Waals surface area contributed by atoms with Gasteiger partial charge in [-0.15, -0.1) is 0 Å². The minimum absolute atomic E-state index is 0.0183. The molecule has 7 nitrogen and oxygen atoms in total. The Bertz CT molecular complexity index is 721. The summed E-state index contributed by atoms with van der Waals surface area (Å²) in [5.74, 6) is 0.0183. The van der Waals surface area contributed by atoms with Crippen molar-refractivity contribution >= 4 is 12.0 Å². The standard InChI is InChI=1S/C20H30N4O3/c1-3-6-14(2)24-13-20(27-19(24)26)9-11-23(12-10-20)18(25)17-15-7-4-5-8-16(15)21-22-17/h14H,3-13H2,1-2H3,(H,21,22)/t14-/m0/s1. The third-order valence-corrected chi connectivity index (χ3v) is 6.46. The number of amides is 2. The molecule has 3 heterocycles. The Morgan fingerprint density at radius 1 is 1.30 bits per heavy atom. The number of aromatic amines is 1. The van der Waals surface area contributed by atoms with Gasteiger partial charge in [0.1, 0.15) is 5.60 Å². The molecule has 2 saturated heterocycles. The lowest BCUT2D eigenvalue weighted by Gasteiger charge is -2.37. The molecule has 1 aromatic heterocycles. The third-order valence-electron chi connectivity index (χ3n) is 6.46. The number of nitrogens with zero attached hydrogens (tertiary/aromatic N) is 3. The van der Waals surface area contributed by atoms with Crippen molar-refractivity contribution in [1.82, 2.24) is 20.0 Å². The molecule has 2 fully saturated rings. The average Bonchev–Trinajstić information content (AvgIpc) is 3.23. The largest absolute Gasteiger partial charge is 0.441 e. The smallest absolute Gasteiger partial charge is 0.410 e. The summed E-state index contributed by atoms with van der Waals surface area (Å²) >= 11 is 0. The SMILES string of the molecule is CCC[C@H](C)N1CC2(CCN(C(=O)c3n[nH]c4c3CCCC4)CC2)OC1=O. The Morgan fingerprint density at radius 2 is 2.04 bits per heavy atom. The van der Waals surface area contributed by atoms with Crippen molar-refractivity contribution in [1.29, 1.82) is 0 Å². The van der Waals surface area contributed by atoms with Crippen molar-refractivity contribution in [3.05, 3.63) is 17.0 Å². The number of likely N-dealkylation sites (tertiary alicyclic amines) is 1. The highest BCUT2D eigenvalue weighted by Crippen LogP contribution is 2.35. The Balaban J connectivity index is 1.40. The van der Waals surface area contributed by atoms with E-state index in [1.54, 1.807) is 0 Å². The number of rotatable bonds is 4. The molecule has 2 amide bonds. The number of H-pyrrole nitrogens is 1. The summed E-state index contributed by atoms with van der Waals surface area (Å²) in [6, 6.07) is 0.206. The number of hydrogen-bond acceptors (Lipinski definition) is 4. The van der Waals surface area contributed by atoms with Gasteiger partial charge in [0.05, 0.1) is 6.54 Å². The van der Waals surface area contributed by atoms with E-state index in [9.17, 15) is 9.59 Å². The van der Waals surface area contributed by atoms with Gasteiger partial charge in [0.15, 0.2) is 5.69 Å². The minimum Gasteiger partial charge on any atom is -0.441 e. The average molecular weight is 374 g/mol. The van der Waals surface area contributed by atoms with Gasteiger partial charge in [-0.3, -0.25) is 9.89 Å². The van der Waals surface area contributed by atoms with Gasteiger partial charge >= 0.3 is 6.09 Å². The number of piperidine rings is 1. The molecular weight excluding hydrogens is 344 g/mol. The van der Waals surface area contributed by atoms with Crippen LogP contribution in [0.5, 0.6) is 0 Å². The first kappa shape index (κ1) is 18.3. The van der Waals surface area contributed by atoms with Crippen LogP contribution in [0.4, 0.5) is 4.79 Å². The Labute approximate surface area is 160 Å². The maximum Gasteiger partial charge on any atom is 0.410 e. The van der Waals surface area contributed by atoms with E-state index in [4.69, 9.17) is 4.74 Å². The van der Waals surface area contributed by atoms with Gasteiger partial charge < -0.3 is 14.5 Å². The van der Waals surface area contributed by atoms with E-state index < -0.39 is 5.60 Å². The van der Waals surface area contributed by atoms with Gasteiger partial charge in [-0.2, -0.15) is 5.10 Å². The van der Waals surface area contributed by atoms with Crippen LogP contribution in [0.25, 0.3) is 0 Å². The van der Waals surface area contributed by atoms with Crippen molar-refractivity contribution in [3.63, 3.8) is 0 Å². The normalized spacial score (nSPS) is 22.7. The van der Waals surface area contributed by atoms with E-state index in [1.165, 1.54) is 0 Å². The summed E-state index contributed by atoms with van der Waals surface area (Å²) in [4.78, 5) is 29.1. The molecule has 0 radical (unpaired) electrons. The summed E-state index contributed by atoms with van der Waals surface area (Å²) in [5, 5.41) is 7.38. The van der Waals surface area contributed by atoms with Crippen LogP contribution in [-0.2, 0) is 17.6 Å². The van der Waals surface area contributed by atoms with Gasteiger partial charge in [-0.1, -0.05) is 13.3 Å². The van der Waals surface area contributed by atoms with Crippen molar-refractivity contribution in [3.8, 4) is 0 Å². The highest BCUT2D eigenvalue weighted by Gasteiger charge is 2.48. The highest BCUT2D eigenvalue weighted by molar-refractivity contribution is 5.94. The number of nitrogens with one attached hydrogen (secondary N) is 1. The predicted molar refractivity (Wildman–Crippen MR) is 101 cm³/mol. The number of aryl methyl sites for hydroxylation is 1. The number of carbonyl (C=O) groups excluding carboxylic acids is 2. The lowest BCUT2D eigenvalue weighted by atomic mass is 9.90. The van der Waals surface area contributed by atoms with Crippen LogP contribution < -0.4 is 0 Å². The summed E-state index contributed by atoms with van der Waals surface area (Å²) < 4.78 is 5.81. The van der Waals surface area contributed by atoms with Crippen LogP contribution >= 0.6 is 0 Å². The van der Waals surface area contributed by atoms with Gasteiger partial charge in [0.2, 0.25) is 0 Å². The van der Waals surface area contributed by atoms with Gasteiger partial charge in [0.25, 0.3) is 5.91 Å². The minimum atomic E-state index is -0.430. The lowest BCUT2D eigenvalue weighted by molar-refractivity contribution is 0.00286. The number of ether oxygens (including phenoxy) is 1. The number of carbonyl (C=O) groups is 2. The first-order valence-corrected chi connectivity index (χ1v) is 10.4. The monoisotopic (exact) mass is 374 g/mol. The Hall–Kier alpha value is -2.05. The number of fused-ring (bicyclic) bond motifs is 1. The molecule has 1 N–H and O–H groups in total. The summed E-state index contributed by atoms with van der Waals surface area (Å²) in [6.45, 7) is 6.09. The molecule has 2 aliphatic heterocycles. The second-order valence-corrected chi connectivity index (χ2v) is 8.35. The van der Waals surface area contributed by atoms with Gasteiger partial charge in [-0.05, 0) is 39.0 Å². The highest BCUT2D eigenvalue weighted by atomic mass is 16.6. The Morgan fingerprint density at radius 3 is 2.78 bits per heavy atom. The second-order valence-electron chi connectivity index (χ2n) is 8.35. The topological polar surface area (TPSA) is 78.5 Å². The van der Waals surface area contributed by atoms with Crippen LogP contribution in [0.3, 0.4) is 0 Å². The molecule has 0 aromatic carbocycles. The molecular formula is C20H30N4O3. The quantitative estimate of drug-likeness (QED) is 0.879. The molecule has 0 bridgehead atoms. The third kappa shape index (κ3) is 3.32. The zero-order chi connectivity index (χ0) is 19.0. The molecule has 27 heavy (non-hydrogen) atoms.